The summed E-state index contributed by atoms with van der Waals surface area (Å²) in [5.74, 6) is 1.33. The first kappa shape index (κ1) is 15.4. The van der Waals surface area contributed by atoms with E-state index in [1.807, 2.05) is 28.0 Å². The van der Waals surface area contributed by atoms with E-state index in [1.54, 1.807) is 0 Å². The molecule has 2 amide bonds. The van der Waals surface area contributed by atoms with Crippen molar-refractivity contribution in [3.8, 4) is 0 Å². The van der Waals surface area contributed by atoms with Crippen molar-refractivity contribution in [3.05, 3.63) is 35.9 Å². The second-order valence-electron chi connectivity index (χ2n) is 8.31. The average Bonchev–Trinajstić information content (AvgIpc) is 3.03. The summed E-state index contributed by atoms with van der Waals surface area (Å²) in [5, 5.41) is 0. The van der Waals surface area contributed by atoms with E-state index in [4.69, 9.17) is 0 Å². The number of hydrogen-bond donors (Lipinski definition) is 0. The van der Waals surface area contributed by atoms with Gasteiger partial charge in [-0.3, -0.25) is 9.59 Å². The zero-order chi connectivity index (χ0) is 17.0. The first-order valence-electron chi connectivity index (χ1n) is 9.90. The topological polar surface area (TPSA) is 40.6 Å². The first-order chi connectivity index (χ1) is 12.2. The SMILES string of the molecule is O=C([C@@H]1[C@@H]2CC[C@@H](C2)N1C(=O)[C@H]1C[C@@H]1c1ccccc1)N1CCCC1. The van der Waals surface area contributed by atoms with Crippen molar-refractivity contribution < 1.29 is 9.59 Å². The fourth-order valence-corrected chi connectivity index (χ4v) is 5.48. The number of carbonyl (C=O) groups is 2. The van der Waals surface area contributed by atoms with Gasteiger partial charge in [0.25, 0.3) is 0 Å². The highest BCUT2D eigenvalue weighted by atomic mass is 16.2. The van der Waals surface area contributed by atoms with Gasteiger partial charge in [0.2, 0.25) is 11.8 Å². The van der Waals surface area contributed by atoms with Crippen molar-refractivity contribution in [2.75, 3.05) is 13.1 Å². The van der Waals surface area contributed by atoms with Crippen LogP contribution in [0.5, 0.6) is 0 Å². The predicted octanol–water partition coefficient (Wildman–Crippen LogP) is 2.79. The van der Waals surface area contributed by atoms with E-state index in [1.165, 1.54) is 5.56 Å². The van der Waals surface area contributed by atoms with Gasteiger partial charge in [-0.05, 0) is 55.9 Å². The van der Waals surface area contributed by atoms with E-state index in [2.05, 4.69) is 12.1 Å². The smallest absolute Gasteiger partial charge is 0.245 e. The lowest BCUT2D eigenvalue weighted by Crippen LogP contribution is -2.53. The molecular weight excluding hydrogens is 312 g/mol. The molecular formula is C21H26N2O2. The van der Waals surface area contributed by atoms with Crippen LogP contribution in [-0.2, 0) is 9.59 Å². The molecule has 2 aliphatic carbocycles. The maximum absolute atomic E-state index is 13.3. The molecule has 132 valence electrons. The molecule has 2 heterocycles. The molecule has 0 spiro atoms. The van der Waals surface area contributed by atoms with Crippen LogP contribution in [0.15, 0.2) is 30.3 Å². The number of hydrogen-bond acceptors (Lipinski definition) is 2. The van der Waals surface area contributed by atoms with Crippen molar-refractivity contribution in [1.82, 2.24) is 9.80 Å². The number of rotatable bonds is 3. The molecule has 2 saturated heterocycles. The third-order valence-electron chi connectivity index (χ3n) is 6.85. The van der Waals surface area contributed by atoms with E-state index in [9.17, 15) is 9.59 Å². The monoisotopic (exact) mass is 338 g/mol. The van der Waals surface area contributed by atoms with Crippen LogP contribution in [0, 0.1) is 11.8 Å². The Hall–Kier alpha value is -1.84. The van der Waals surface area contributed by atoms with E-state index >= 15 is 0 Å². The van der Waals surface area contributed by atoms with E-state index < -0.39 is 0 Å². The summed E-state index contributed by atoms with van der Waals surface area (Å²) in [7, 11) is 0. The number of nitrogens with zero attached hydrogens (tertiary/aromatic N) is 2. The molecule has 0 aromatic heterocycles. The van der Waals surface area contributed by atoms with Crippen molar-refractivity contribution >= 4 is 11.8 Å². The molecule has 0 radical (unpaired) electrons. The van der Waals surface area contributed by atoms with Crippen molar-refractivity contribution in [2.24, 2.45) is 11.8 Å². The Morgan fingerprint density at radius 3 is 2.44 bits per heavy atom. The van der Waals surface area contributed by atoms with Crippen LogP contribution in [0.3, 0.4) is 0 Å². The molecule has 1 aromatic rings. The third-order valence-corrected chi connectivity index (χ3v) is 6.85. The Bertz CT molecular complexity index is 682. The van der Waals surface area contributed by atoms with Crippen molar-refractivity contribution in [2.45, 2.75) is 56.5 Å². The highest BCUT2D eigenvalue weighted by molar-refractivity contribution is 5.91. The normalized spacial score (nSPS) is 36.1. The Morgan fingerprint density at radius 1 is 0.920 bits per heavy atom. The minimum atomic E-state index is -0.165. The fourth-order valence-electron chi connectivity index (χ4n) is 5.48. The minimum Gasteiger partial charge on any atom is -0.341 e. The fraction of sp³-hybridized carbons (Fsp3) is 0.619. The van der Waals surface area contributed by atoms with Gasteiger partial charge in [0.15, 0.2) is 0 Å². The number of carbonyl (C=O) groups excluding carboxylic acids is 2. The lowest BCUT2D eigenvalue weighted by molar-refractivity contribution is -0.148. The summed E-state index contributed by atoms with van der Waals surface area (Å²) in [5.41, 5.74) is 1.27. The Labute approximate surface area is 149 Å². The standard InChI is InChI=1S/C21H26N2O2/c24-20(18-13-17(18)14-6-2-1-3-7-14)23-16-9-8-15(12-16)19(23)21(25)22-10-4-5-11-22/h1-3,6-7,15-19H,4-5,8-13H2/t15-,16+,17-,18+,19+/m1/s1. The number of benzene rings is 1. The van der Waals surface area contributed by atoms with Gasteiger partial charge in [-0.25, -0.2) is 0 Å². The van der Waals surface area contributed by atoms with Gasteiger partial charge in [0.1, 0.15) is 6.04 Å². The van der Waals surface area contributed by atoms with Crippen LogP contribution in [-0.4, -0.2) is 46.8 Å². The summed E-state index contributed by atoms with van der Waals surface area (Å²) >= 11 is 0. The molecule has 5 atom stereocenters. The maximum atomic E-state index is 13.3. The van der Waals surface area contributed by atoms with Gasteiger partial charge in [-0.2, -0.15) is 0 Å². The molecule has 4 heteroatoms. The summed E-state index contributed by atoms with van der Waals surface area (Å²) in [4.78, 5) is 30.4. The van der Waals surface area contributed by atoms with Crippen molar-refractivity contribution in [1.29, 1.82) is 0 Å². The Balaban J connectivity index is 1.35. The number of fused-ring (bicyclic) bond motifs is 2. The van der Waals surface area contributed by atoms with Gasteiger partial charge < -0.3 is 9.80 Å². The van der Waals surface area contributed by atoms with Crippen LogP contribution in [0.1, 0.15) is 50.0 Å². The highest BCUT2D eigenvalue weighted by Gasteiger charge is 2.56. The molecule has 1 aromatic carbocycles. The highest BCUT2D eigenvalue weighted by Crippen LogP contribution is 2.52. The van der Waals surface area contributed by atoms with Crippen LogP contribution < -0.4 is 0 Å². The molecule has 25 heavy (non-hydrogen) atoms. The summed E-state index contributed by atoms with van der Waals surface area (Å²) in [6, 6.07) is 10.5. The van der Waals surface area contributed by atoms with Gasteiger partial charge in [0, 0.05) is 25.0 Å². The number of piperidine rings is 1. The number of amides is 2. The Morgan fingerprint density at radius 2 is 1.68 bits per heavy atom. The summed E-state index contributed by atoms with van der Waals surface area (Å²) in [6.07, 6.45) is 6.41. The average molecular weight is 338 g/mol. The Kier molecular flexibility index (Phi) is 3.61. The molecule has 0 unspecified atom stereocenters. The van der Waals surface area contributed by atoms with Crippen LogP contribution in [0.4, 0.5) is 0 Å². The summed E-state index contributed by atoms with van der Waals surface area (Å²) < 4.78 is 0. The first-order valence-corrected chi connectivity index (χ1v) is 9.90. The second kappa shape index (κ2) is 5.86. The number of likely N-dealkylation sites (tertiary alicyclic amines) is 2. The molecule has 2 saturated carbocycles. The van der Waals surface area contributed by atoms with E-state index in [-0.39, 0.29) is 23.8 Å². The van der Waals surface area contributed by atoms with E-state index in [0.717, 1.165) is 51.6 Å². The lowest BCUT2D eigenvalue weighted by Gasteiger charge is -2.36. The predicted molar refractivity (Wildman–Crippen MR) is 94.9 cm³/mol. The maximum Gasteiger partial charge on any atom is 0.245 e. The van der Waals surface area contributed by atoms with Crippen LogP contribution in [0.25, 0.3) is 0 Å². The molecule has 2 bridgehead atoms. The molecule has 0 N–H and O–H groups in total. The minimum absolute atomic E-state index is 0.0932. The van der Waals surface area contributed by atoms with Gasteiger partial charge in [0.05, 0.1) is 0 Å². The largest absolute Gasteiger partial charge is 0.341 e. The molecule has 2 aliphatic heterocycles. The van der Waals surface area contributed by atoms with Crippen LogP contribution in [0.2, 0.25) is 0 Å². The van der Waals surface area contributed by atoms with Gasteiger partial charge in [-0.1, -0.05) is 30.3 Å². The molecule has 5 rings (SSSR count). The third kappa shape index (κ3) is 2.49. The lowest BCUT2D eigenvalue weighted by atomic mass is 9.96. The van der Waals surface area contributed by atoms with Gasteiger partial charge in [-0.15, -0.1) is 0 Å². The van der Waals surface area contributed by atoms with Gasteiger partial charge >= 0.3 is 0 Å². The zero-order valence-corrected chi connectivity index (χ0v) is 14.6. The summed E-state index contributed by atoms with van der Waals surface area (Å²) in [6.45, 7) is 1.76. The molecule has 4 nitrogen and oxygen atoms in total. The van der Waals surface area contributed by atoms with Crippen molar-refractivity contribution in [3.63, 3.8) is 0 Å². The second-order valence-corrected chi connectivity index (χ2v) is 8.31. The zero-order valence-electron chi connectivity index (χ0n) is 14.6. The van der Waals surface area contributed by atoms with E-state index in [0.29, 0.717) is 17.9 Å². The molecule has 4 fully saturated rings. The van der Waals surface area contributed by atoms with Crippen LogP contribution >= 0.6 is 0 Å². The molecule has 4 aliphatic rings. The quantitative estimate of drug-likeness (QED) is 0.850.